The van der Waals surface area contributed by atoms with Gasteiger partial charge in [-0.25, -0.2) is 4.98 Å². The van der Waals surface area contributed by atoms with Crippen LogP contribution in [0.3, 0.4) is 0 Å². The van der Waals surface area contributed by atoms with Crippen LogP contribution in [0.5, 0.6) is 0 Å². The van der Waals surface area contributed by atoms with E-state index in [0.29, 0.717) is 0 Å². The van der Waals surface area contributed by atoms with Crippen LogP contribution in [0.2, 0.25) is 0 Å². The summed E-state index contributed by atoms with van der Waals surface area (Å²) in [5.41, 5.74) is 5.17. The third kappa shape index (κ3) is 4.09. The lowest BCUT2D eigenvalue weighted by atomic mass is 10.1. The lowest BCUT2D eigenvalue weighted by molar-refractivity contribution is -0.115. The number of aryl methyl sites for hydroxylation is 2. The number of rotatable bonds is 5. The molecule has 2 aromatic carbocycles. The minimum Gasteiger partial charge on any atom is -0.326 e. The van der Waals surface area contributed by atoms with Gasteiger partial charge in [0.1, 0.15) is 5.01 Å². The molecular formula is C20H20N2OS. The Balaban J connectivity index is 1.65. The lowest BCUT2D eigenvalue weighted by Crippen LogP contribution is -2.14. The summed E-state index contributed by atoms with van der Waals surface area (Å²) in [6, 6.07) is 16.2. The fourth-order valence-electron chi connectivity index (χ4n) is 2.50. The van der Waals surface area contributed by atoms with E-state index in [1.807, 2.05) is 36.6 Å². The van der Waals surface area contributed by atoms with Gasteiger partial charge in [0, 0.05) is 16.6 Å². The van der Waals surface area contributed by atoms with E-state index in [2.05, 4.69) is 41.5 Å². The third-order valence-corrected chi connectivity index (χ3v) is 4.74. The monoisotopic (exact) mass is 336 g/mol. The Labute approximate surface area is 146 Å². The maximum absolute atomic E-state index is 12.2. The molecular weight excluding hydrogens is 316 g/mol. The van der Waals surface area contributed by atoms with Crippen LogP contribution in [0, 0.1) is 6.92 Å². The van der Waals surface area contributed by atoms with Gasteiger partial charge in [-0.3, -0.25) is 4.79 Å². The number of hydrogen-bond donors (Lipinski definition) is 1. The van der Waals surface area contributed by atoms with Crippen LogP contribution in [0.1, 0.15) is 23.7 Å². The van der Waals surface area contributed by atoms with Crippen molar-refractivity contribution in [2.24, 2.45) is 0 Å². The summed E-state index contributed by atoms with van der Waals surface area (Å²) in [6.45, 7) is 4.15. The summed E-state index contributed by atoms with van der Waals surface area (Å²) in [7, 11) is 0. The standard InChI is InChI=1S/C20H20N2OS/c1-3-15-7-9-16(10-8-15)20-22-18(13-24-20)12-19(23)21-17-6-4-5-14(2)11-17/h4-11,13H,3,12H2,1-2H3,(H,21,23). The first kappa shape index (κ1) is 16.4. The molecule has 1 amide bonds. The lowest BCUT2D eigenvalue weighted by Gasteiger charge is -2.04. The Hall–Kier alpha value is -2.46. The molecule has 0 radical (unpaired) electrons. The van der Waals surface area contributed by atoms with E-state index in [-0.39, 0.29) is 12.3 Å². The van der Waals surface area contributed by atoms with Crippen LogP contribution in [0.25, 0.3) is 10.6 Å². The normalized spacial score (nSPS) is 10.6. The number of hydrogen-bond acceptors (Lipinski definition) is 3. The van der Waals surface area contributed by atoms with Crippen LogP contribution in [0.15, 0.2) is 53.9 Å². The van der Waals surface area contributed by atoms with E-state index < -0.39 is 0 Å². The Bertz CT molecular complexity index is 837. The molecule has 0 unspecified atom stereocenters. The molecule has 1 N–H and O–H groups in total. The maximum Gasteiger partial charge on any atom is 0.230 e. The Morgan fingerprint density at radius 3 is 2.67 bits per heavy atom. The highest BCUT2D eigenvalue weighted by Crippen LogP contribution is 2.24. The second-order valence-corrected chi connectivity index (χ2v) is 6.65. The number of carbonyl (C=O) groups is 1. The summed E-state index contributed by atoms with van der Waals surface area (Å²) < 4.78 is 0. The van der Waals surface area contributed by atoms with Crippen molar-refractivity contribution in [2.75, 3.05) is 5.32 Å². The van der Waals surface area contributed by atoms with E-state index in [4.69, 9.17) is 0 Å². The molecule has 0 saturated carbocycles. The van der Waals surface area contributed by atoms with Gasteiger partial charge in [0.15, 0.2) is 0 Å². The van der Waals surface area contributed by atoms with Crippen LogP contribution < -0.4 is 5.32 Å². The van der Waals surface area contributed by atoms with E-state index in [1.165, 1.54) is 5.56 Å². The van der Waals surface area contributed by atoms with Gasteiger partial charge < -0.3 is 5.32 Å². The highest BCUT2D eigenvalue weighted by molar-refractivity contribution is 7.13. The zero-order valence-electron chi connectivity index (χ0n) is 13.9. The number of aromatic nitrogens is 1. The second kappa shape index (κ2) is 7.41. The van der Waals surface area contributed by atoms with Gasteiger partial charge in [0.05, 0.1) is 12.1 Å². The van der Waals surface area contributed by atoms with Gasteiger partial charge >= 0.3 is 0 Å². The van der Waals surface area contributed by atoms with Crippen molar-refractivity contribution in [1.82, 2.24) is 4.98 Å². The summed E-state index contributed by atoms with van der Waals surface area (Å²) in [5, 5.41) is 5.83. The minimum absolute atomic E-state index is 0.0428. The van der Waals surface area contributed by atoms with Crippen LogP contribution in [0.4, 0.5) is 5.69 Å². The molecule has 0 aliphatic heterocycles. The van der Waals surface area contributed by atoms with Crippen molar-refractivity contribution < 1.29 is 4.79 Å². The number of carbonyl (C=O) groups excluding carboxylic acids is 1. The fraction of sp³-hybridized carbons (Fsp3) is 0.200. The summed E-state index contributed by atoms with van der Waals surface area (Å²) in [5.74, 6) is -0.0428. The van der Waals surface area contributed by atoms with Crippen LogP contribution >= 0.6 is 11.3 Å². The molecule has 3 rings (SSSR count). The second-order valence-electron chi connectivity index (χ2n) is 5.79. The quantitative estimate of drug-likeness (QED) is 0.723. The Kier molecular flexibility index (Phi) is 5.06. The molecule has 1 aromatic heterocycles. The van der Waals surface area contributed by atoms with Crippen molar-refractivity contribution in [3.63, 3.8) is 0 Å². The third-order valence-electron chi connectivity index (χ3n) is 3.80. The molecule has 122 valence electrons. The highest BCUT2D eigenvalue weighted by Gasteiger charge is 2.09. The maximum atomic E-state index is 12.2. The first-order valence-corrected chi connectivity index (χ1v) is 8.92. The smallest absolute Gasteiger partial charge is 0.230 e. The highest BCUT2D eigenvalue weighted by atomic mass is 32.1. The van der Waals surface area contributed by atoms with E-state index in [9.17, 15) is 4.79 Å². The number of nitrogens with zero attached hydrogens (tertiary/aromatic N) is 1. The number of thiazole rings is 1. The Morgan fingerprint density at radius 2 is 1.96 bits per heavy atom. The van der Waals surface area contributed by atoms with Crippen LogP contribution in [-0.2, 0) is 17.6 Å². The van der Waals surface area contributed by atoms with Gasteiger partial charge in [0.25, 0.3) is 0 Å². The molecule has 0 fully saturated rings. The topological polar surface area (TPSA) is 42.0 Å². The van der Waals surface area contributed by atoms with Gasteiger partial charge in [-0.1, -0.05) is 43.3 Å². The zero-order chi connectivity index (χ0) is 16.9. The fourth-order valence-corrected chi connectivity index (χ4v) is 3.32. The van der Waals surface area contributed by atoms with Gasteiger partial charge in [-0.05, 0) is 36.6 Å². The predicted octanol–water partition coefficient (Wildman–Crippen LogP) is 4.86. The molecule has 24 heavy (non-hydrogen) atoms. The molecule has 0 aliphatic carbocycles. The number of nitrogens with one attached hydrogen (secondary N) is 1. The molecule has 3 nitrogen and oxygen atoms in total. The first-order valence-electron chi connectivity index (χ1n) is 8.04. The van der Waals surface area contributed by atoms with Crippen molar-refractivity contribution >= 4 is 22.9 Å². The van der Waals surface area contributed by atoms with Gasteiger partial charge in [0.2, 0.25) is 5.91 Å². The molecule has 0 aliphatic rings. The molecule has 0 bridgehead atoms. The van der Waals surface area contributed by atoms with E-state index in [1.54, 1.807) is 11.3 Å². The molecule has 0 atom stereocenters. The number of amides is 1. The summed E-state index contributed by atoms with van der Waals surface area (Å²) in [4.78, 5) is 16.8. The van der Waals surface area contributed by atoms with Crippen molar-refractivity contribution in [3.05, 3.63) is 70.7 Å². The van der Waals surface area contributed by atoms with Crippen LogP contribution in [-0.4, -0.2) is 10.9 Å². The van der Waals surface area contributed by atoms with E-state index in [0.717, 1.165) is 33.9 Å². The largest absolute Gasteiger partial charge is 0.326 e. The average Bonchev–Trinajstić information content (AvgIpc) is 3.03. The molecule has 0 spiro atoms. The summed E-state index contributed by atoms with van der Waals surface area (Å²) in [6.07, 6.45) is 1.32. The molecule has 3 aromatic rings. The first-order chi connectivity index (χ1) is 11.6. The SMILES string of the molecule is CCc1ccc(-c2nc(CC(=O)Nc3cccc(C)c3)cs2)cc1. The van der Waals surface area contributed by atoms with E-state index >= 15 is 0 Å². The Morgan fingerprint density at radius 1 is 1.17 bits per heavy atom. The molecule has 1 heterocycles. The van der Waals surface area contributed by atoms with Crippen molar-refractivity contribution in [2.45, 2.75) is 26.7 Å². The van der Waals surface area contributed by atoms with Crippen molar-refractivity contribution in [3.8, 4) is 10.6 Å². The minimum atomic E-state index is -0.0428. The predicted molar refractivity (Wildman–Crippen MR) is 100 cm³/mol. The zero-order valence-corrected chi connectivity index (χ0v) is 14.7. The molecule has 0 saturated heterocycles. The van der Waals surface area contributed by atoms with Gasteiger partial charge in [-0.2, -0.15) is 0 Å². The number of anilines is 1. The average molecular weight is 336 g/mol. The summed E-state index contributed by atoms with van der Waals surface area (Å²) >= 11 is 1.58. The number of benzene rings is 2. The molecule has 4 heteroatoms. The van der Waals surface area contributed by atoms with Crippen molar-refractivity contribution in [1.29, 1.82) is 0 Å². The van der Waals surface area contributed by atoms with Gasteiger partial charge in [-0.15, -0.1) is 11.3 Å².